The molecule has 1 aromatic carbocycles. The Morgan fingerprint density at radius 3 is 2.30 bits per heavy atom. The van der Waals surface area contributed by atoms with E-state index >= 15 is 0 Å². The molecule has 0 N–H and O–H groups in total. The van der Waals surface area contributed by atoms with Crippen LogP contribution in [0, 0.1) is 18.8 Å². The van der Waals surface area contributed by atoms with E-state index in [1.165, 1.54) is 18.3 Å². The van der Waals surface area contributed by atoms with Crippen LogP contribution in [0.25, 0.3) is 22.6 Å². The van der Waals surface area contributed by atoms with Crippen molar-refractivity contribution in [3.8, 4) is 22.6 Å². The fraction of sp³-hybridized carbons (Fsp3) is 0.100. The van der Waals surface area contributed by atoms with Crippen molar-refractivity contribution in [3.63, 3.8) is 0 Å². The molecule has 4 aromatic rings. The van der Waals surface area contributed by atoms with Crippen LogP contribution in [0.4, 0.5) is 17.6 Å². The first-order valence-corrected chi connectivity index (χ1v) is 8.30. The molecule has 30 heavy (non-hydrogen) atoms. The molecule has 0 unspecified atom stereocenters. The third kappa shape index (κ3) is 6.28. The molecule has 0 amide bonds. The molecular formula is C20H13F4N5Pt. The Kier molecular flexibility index (Phi) is 7.94. The molecule has 0 fully saturated rings. The normalized spacial score (nSPS) is 10.6. The van der Waals surface area contributed by atoms with Gasteiger partial charge in [0.2, 0.25) is 0 Å². The first-order valence-electron chi connectivity index (χ1n) is 8.30. The van der Waals surface area contributed by atoms with Crippen molar-refractivity contribution in [3.05, 3.63) is 84.1 Å². The van der Waals surface area contributed by atoms with Crippen LogP contribution in [0.15, 0.2) is 60.8 Å². The Bertz CT molecular complexity index is 1010. The Morgan fingerprint density at radius 1 is 0.967 bits per heavy atom. The van der Waals surface area contributed by atoms with Gasteiger partial charge in [-0.05, 0) is 31.2 Å². The van der Waals surface area contributed by atoms with Crippen molar-refractivity contribution in [2.75, 3.05) is 0 Å². The van der Waals surface area contributed by atoms with Gasteiger partial charge < -0.3 is 10.2 Å². The average Bonchev–Trinajstić information content (AvgIpc) is 3.21. The van der Waals surface area contributed by atoms with E-state index in [-0.39, 0.29) is 32.6 Å². The summed E-state index contributed by atoms with van der Waals surface area (Å²) in [5.74, 6) is -0.297. The van der Waals surface area contributed by atoms with E-state index in [0.717, 1.165) is 17.3 Å². The molecule has 156 valence electrons. The molecule has 0 atom stereocenters. The van der Waals surface area contributed by atoms with Gasteiger partial charge in [0.1, 0.15) is 5.69 Å². The van der Waals surface area contributed by atoms with Gasteiger partial charge in [0.05, 0.1) is 5.69 Å². The minimum absolute atomic E-state index is 0. The van der Waals surface area contributed by atoms with Crippen molar-refractivity contribution in [2.24, 2.45) is 0 Å². The number of pyridine rings is 1. The summed E-state index contributed by atoms with van der Waals surface area (Å²) in [6.07, 6.45) is -2.97. The minimum atomic E-state index is -4.46. The molecule has 0 saturated carbocycles. The molecule has 0 radical (unpaired) electrons. The second-order valence-corrected chi connectivity index (χ2v) is 5.81. The number of benzene rings is 1. The quantitative estimate of drug-likeness (QED) is 0.253. The molecular weight excluding hydrogens is 581 g/mol. The maximum absolute atomic E-state index is 12.6. The smallest absolute Gasteiger partial charge is 0.573 e. The van der Waals surface area contributed by atoms with Crippen LogP contribution in [0.5, 0.6) is 0 Å². The molecule has 10 heteroatoms. The van der Waals surface area contributed by atoms with Crippen molar-refractivity contribution in [2.45, 2.75) is 13.1 Å². The van der Waals surface area contributed by atoms with E-state index in [1.807, 2.05) is 19.1 Å². The maximum Gasteiger partial charge on any atom is 2.00 e. The number of hydrogen-bond donors (Lipinski definition) is 0. The molecule has 0 aliphatic carbocycles. The Hall–Kier alpha value is -2.93. The van der Waals surface area contributed by atoms with Crippen molar-refractivity contribution >= 4 is 0 Å². The third-order valence-corrected chi connectivity index (χ3v) is 3.61. The number of aryl methyl sites for hydroxylation is 1. The zero-order chi connectivity index (χ0) is 20.9. The van der Waals surface area contributed by atoms with Crippen LogP contribution in [0.2, 0.25) is 0 Å². The predicted octanol–water partition coefficient (Wildman–Crippen LogP) is 4.51. The zero-order valence-corrected chi connectivity index (χ0v) is 17.6. The van der Waals surface area contributed by atoms with Crippen molar-refractivity contribution < 1.29 is 38.6 Å². The Balaban J connectivity index is 0.000000207. The van der Waals surface area contributed by atoms with Gasteiger partial charge in [-0.1, -0.05) is 17.8 Å². The van der Waals surface area contributed by atoms with Crippen LogP contribution >= 0.6 is 0 Å². The molecule has 4 rings (SSSR count). The summed E-state index contributed by atoms with van der Waals surface area (Å²) in [7, 11) is 0. The summed E-state index contributed by atoms with van der Waals surface area (Å²) in [6.45, 7) is 1.87. The summed E-state index contributed by atoms with van der Waals surface area (Å²) in [6, 6.07) is 16.6. The second-order valence-electron chi connectivity index (χ2n) is 5.81. The van der Waals surface area contributed by atoms with E-state index in [2.05, 4.69) is 31.4 Å². The second kappa shape index (κ2) is 10.2. The van der Waals surface area contributed by atoms with Gasteiger partial charge in [0.15, 0.2) is 0 Å². The van der Waals surface area contributed by atoms with E-state index in [0.29, 0.717) is 11.4 Å². The monoisotopic (exact) mass is 594 g/mol. The van der Waals surface area contributed by atoms with Crippen molar-refractivity contribution in [1.82, 2.24) is 25.4 Å². The van der Waals surface area contributed by atoms with Gasteiger partial charge >= 0.3 is 27.2 Å². The number of halogens is 4. The fourth-order valence-electron chi connectivity index (χ4n) is 2.18. The number of rotatable bonds is 2. The van der Waals surface area contributed by atoms with Gasteiger partial charge in [-0.2, -0.15) is 18.3 Å². The first-order chi connectivity index (χ1) is 13.8. The number of hydrogen-bond acceptors (Lipinski definition) is 4. The number of aromatic nitrogens is 5. The fourth-order valence-corrected chi connectivity index (χ4v) is 2.18. The van der Waals surface area contributed by atoms with Gasteiger partial charge in [-0.15, -0.1) is 29.8 Å². The van der Waals surface area contributed by atoms with Gasteiger partial charge in [-0.3, -0.25) is 9.37 Å². The van der Waals surface area contributed by atoms with Crippen LogP contribution in [-0.4, -0.2) is 20.3 Å². The first kappa shape index (κ1) is 23.3. The standard InChI is InChI=1S/C11H8FN2.C9H5F3N3.Pt/c1-8-2-7-11(14-13-8)9-3-5-10(12)6-4-9;10-9(11,12)8-5-7(14-15-8)6-3-1-2-4-13-6;/h2-3,5-7H,1H3;1-5H;/q2*-1;+2. The average molecular weight is 594 g/mol. The summed E-state index contributed by atoms with van der Waals surface area (Å²) < 4.78 is 49.2. The van der Waals surface area contributed by atoms with Gasteiger partial charge in [-0.25, -0.2) is 5.10 Å². The molecule has 0 bridgehead atoms. The SMILES string of the molecule is Cc1ccc(-c2[c-]cc(F)cc2)nn1.FC(F)(F)c1cc(-c2ccccn2)[n-]n1.[Pt+2]. The molecule has 5 nitrogen and oxygen atoms in total. The minimum Gasteiger partial charge on any atom is -0.573 e. The third-order valence-electron chi connectivity index (χ3n) is 3.61. The van der Waals surface area contributed by atoms with Crippen LogP contribution in [0.1, 0.15) is 11.4 Å². The number of alkyl halides is 3. The van der Waals surface area contributed by atoms with Gasteiger partial charge in [0.25, 0.3) is 0 Å². The van der Waals surface area contributed by atoms with Gasteiger partial charge in [0, 0.05) is 23.4 Å². The molecule has 3 heterocycles. The van der Waals surface area contributed by atoms with E-state index < -0.39 is 11.9 Å². The predicted molar refractivity (Wildman–Crippen MR) is 96.8 cm³/mol. The number of nitrogens with zero attached hydrogens (tertiary/aromatic N) is 5. The van der Waals surface area contributed by atoms with Crippen LogP contribution in [0.3, 0.4) is 0 Å². The van der Waals surface area contributed by atoms with Crippen molar-refractivity contribution in [1.29, 1.82) is 0 Å². The Morgan fingerprint density at radius 2 is 1.77 bits per heavy atom. The van der Waals surface area contributed by atoms with E-state index in [4.69, 9.17) is 0 Å². The Labute approximate surface area is 183 Å². The van der Waals surface area contributed by atoms with E-state index in [9.17, 15) is 17.6 Å². The summed E-state index contributed by atoms with van der Waals surface area (Å²) in [4.78, 5) is 3.87. The largest absolute Gasteiger partial charge is 2.00 e. The summed E-state index contributed by atoms with van der Waals surface area (Å²) >= 11 is 0. The van der Waals surface area contributed by atoms with Crippen LogP contribution in [-0.2, 0) is 27.2 Å². The molecule has 0 spiro atoms. The summed E-state index contributed by atoms with van der Waals surface area (Å²) in [5.41, 5.74) is 1.82. The maximum atomic E-state index is 12.6. The molecule has 0 aliphatic rings. The molecule has 0 saturated heterocycles. The zero-order valence-electron chi connectivity index (χ0n) is 15.3. The van der Waals surface area contributed by atoms with Crippen LogP contribution < -0.4 is 5.10 Å². The topological polar surface area (TPSA) is 65.7 Å². The molecule has 3 aromatic heterocycles. The van der Waals surface area contributed by atoms with E-state index in [1.54, 1.807) is 24.3 Å². The summed E-state index contributed by atoms with van der Waals surface area (Å²) in [5, 5.41) is 14.4. The molecule has 0 aliphatic heterocycles.